The van der Waals surface area contributed by atoms with E-state index >= 15 is 0 Å². The number of aldehydes is 1. The third kappa shape index (κ3) is 4.58. The number of benzene rings is 3. The minimum Gasteiger partial charge on any atom is -0.394 e. The maximum atomic E-state index is 14.2. The molecule has 0 saturated heterocycles. The summed E-state index contributed by atoms with van der Waals surface area (Å²) in [7, 11) is 0. The predicted molar refractivity (Wildman–Crippen MR) is 131 cm³/mol. The van der Waals surface area contributed by atoms with Crippen LogP contribution < -0.4 is 16.4 Å². The largest absolute Gasteiger partial charge is 0.394 e. The molecular weight excluding hydrogens is 564 g/mol. The van der Waals surface area contributed by atoms with Gasteiger partial charge in [-0.15, -0.1) is 0 Å². The van der Waals surface area contributed by atoms with Crippen molar-refractivity contribution in [2.24, 2.45) is 5.41 Å². The molecule has 0 aromatic heterocycles. The van der Waals surface area contributed by atoms with E-state index in [0.717, 1.165) is 12.1 Å². The van der Waals surface area contributed by atoms with E-state index in [2.05, 4.69) is 10.6 Å². The van der Waals surface area contributed by atoms with Crippen molar-refractivity contribution in [3.8, 4) is 0 Å². The van der Waals surface area contributed by atoms with Crippen molar-refractivity contribution in [2.45, 2.75) is 10.3 Å². The van der Waals surface area contributed by atoms with Crippen LogP contribution in [0.4, 0.5) is 39.0 Å². The molecule has 13 heteroatoms. The third-order valence-electron chi connectivity index (χ3n) is 6.14. The molecule has 0 aliphatic heterocycles. The van der Waals surface area contributed by atoms with Gasteiger partial charge in [0.05, 0.1) is 21.7 Å². The standard InChI is InChI=1S/C24H15Cl3F5N3O2/c25-13-2-1-11(7-12(13)22(37)35-17-4-3-14(28)20(33)19(17)32)34-8-23(9-36)21(24(23,26)27)10-5-15(29)18(31)16(30)6-10/h1-7,9,21,34H,8,33H2,(H,35,37). The molecule has 1 amide bonds. The SMILES string of the molecule is Nc1c(F)ccc(NC(=O)c2cc(NCC3(C=O)C(c4cc(F)c(F)c(F)c4)C3(Cl)Cl)ccc2Cl)c1F. The highest BCUT2D eigenvalue weighted by Gasteiger charge is 2.76. The van der Waals surface area contributed by atoms with Gasteiger partial charge in [0.1, 0.15) is 22.1 Å². The molecule has 0 bridgehead atoms. The smallest absolute Gasteiger partial charge is 0.257 e. The van der Waals surface area contributed by atoms with Gasteiger partial charge < -0.3 is 21.2 Å². The summed E-state index contributed by atoms with van der Waals surface area (Å²) in [5, 5.41) is 5.09. The van der Waals surface area contributed by atoms with Crippen molar-refractivity contribution in [3.05, 3.63) is 87.7 Å². The van der Waals surface area contributed by atoms with Crippen LogP contribution in [-0.2, 0) is 4.79 Å². The molecule has 2 unspecified atom stereocenters. The van der Waals surface area contributed by atoms with E-state index in [-0.39, 0.29) is 34.1 Å². The van der Waals surface area contributed by atoms with Gasteiger partial charge in [0, 0.05) is 18.2 Å². The van der Waals surface area contributed by atoms with Gasteiger partial charge in [0.15, 0.2) is 23.3 Å². The Labute approximate surface area is 221 Å². The number of nitrogens with one attached hydrogen (secondary N) is 2. The number of hydrogen-bond donors (Lipinski definition) is 3. The lowest BCUT2D eigenvalue weighted by Crippen LogP contribution is -2.23. The van der Waals surface area contributed by atoms with Crippen molar-refractivity contribution in [2.75, 3.05) is 22.9 Å². The number of nitrogens with two attached hydrogens (primary N) is 1. The summed E-state index contributed by atoms with van der Waals surface area (Å²) in [6.07, 6.45) is 0.426. The molecule has 3 aromatic carbocycles. The molecule has 2 atom stereocenters. The monoisotopic (exact) mass is 577 g/mol. The molecule has 0 radical (unpaired) electrons. The van der Waals surface area contributed by atoms with Crippen LogP contribution in [0.15, 0.2) is 42.5 Å². The van der Waals surface area contributed by atoms with Gasteiger partial charge in [0.25, 0.3) is 5.91 Å². The summed E-state index contributed by atoms with van der Waals surface area (Å²) in [6, 6.07) is 7.34. The maximum absolute atomic E-state index is 14.2. The summed E-state index contributed by atoms with van der Waals surface area (Å²) in [4.78, 5) is 24.7. The highest BCUT2D eigenvalue weighted by Crippen LogP contribution is 2.73. The number of carbonyl (C=O) groups is 2. The molecule has 5 nitrogen and oxygen atoms in total. The van der Waals surface area contributed by atoms with E-state index in [9.17, 15) is 31.5 Å². The lowest BCUT2D eigenvalue weighted by atomic mass is 9.99. The minimum absolute atomic E-state index is 0.0192. The number of halogens is 8. The molecule has 1 aliphatic rings. The summed E-state index contributed by atoms with van der Waals surface area (Å²) in [5.41, 5.74) is 2.59. The molecule has 0 heterocycles. The molecular formula is C24H15Cl3F5N3O2. The number of alkyl halides is 2. The molecule has 194 valence electrons. The second-order valence-electron chi connectivity index (χ2n) is 8.34. The van der Waals surface area contributed by atoms with Gasteiger partial charge >= 0.3 is 0 Å². The number of hydrogen-bond acceptors (Lipinski definition) is 4. The number of amides is 1. The number of anilines is 3. The van der Waals surface area contributed by atoms with Crippen molar-refractivity contribution >= 4 is 64.1 Å². The number of carbonyl (C=O) groups excluding carboxylic acids is 2. The zero-order valence-corrected chi connectivity index (χ0v) is 20.6. The Hall–Kier alpha value is -3.08. The Morgan fingerprint density at radius 3 is 2.24 bits per heavy atom. The highest BCUT2D eigenvalue weighted by atomic mass is 35.5. The predicted octanol–water partition coefficient (Wildman–Crippen LogP) is 6.44. The van der Waals surface area contributed by atoms with Gasteiger partial charge in [-0.05, 0) is 48.0 Å². The van der Waals surface area contributed by atoms with Gasteiger partial charge in [-0.3, -0.25) is 4.79 Å². The maximum Gasteiger partial charge on any atom is 0.257 e. The molecule has 1 fully saturated rings. The van der Waals surface area contributed by atoms with E-state index < -0.39 is 56.3 Å². The van der Waals surface area contributed by atoms with Crippen LogP contribution in [0.5, 0.6) is 0 Å². The zero-order chi connectivity index (χ0) is 27.3. The zero-order valence-electron chi connectivity index (χ0n) is 18.3. The van der Waals surface area contributed by atoms with Gasteiger partial charge in [0.2, 0.25) is 0 Å². The van der Waals surface area contributed by atoms with E-state index in [1.54, 1.807) is 0 Å². The van der Waals surface area contributed by atoms with E-state index in [4.69, 9.17) is 40.5 Å². The lowest BCUT2D eigenvalue weighted by Gasteiger charge is -2.15. The Morgan fingerprint density at radius 2 is 1.62 bits per heavy atom. The van der Waals surface area contributed by atoms with Crippen LogP contribution in [0.1, 0.15) is 21.8 Å². The molecule has 0 spiro atoms. The Bertz CT molecular complexity index is 1420. The Morgan fingerprint density at radius 1 is 0.973 bits per heavy atom. The fourth-order valence-electron chi connectivity index (χ4n) is 4.05. The van der Waals surface area contributed by atoms with E-state index in [1.807, 2.05) is 0 Å². The van der Waals surface area contributed by atoms with E-state index in [0.29, 0.717) is 18.4 Å². The first kappa shape index (κ1) is 27.0. The average molecular weight is 579 g/mol. The molecule has 1 saturated carbocycles. The van der Waals surface area contributed by atoms with Crippen LogP contribution in [0.2, 0.25) is 5.02 Å². The third-order valence-corrected chi connectivity index (χ3v) is 7.61. The first-order chi connectivity index (χ1) is 17.3. The van der Waals surface area contributed by atoms with Crippen molar-refractivity contribution in [1.82, 2.24) is 0 Å². The highest BCUT2D eigenvalue weighted by molar-refractivity contribution is 6.54. The Balaban J connectivity index is 1.56. The van der Waals surface area contributed by atoms with Crippen LogP contribution in [-0.4, -0.2) is 23.1 Å². The fraction of sp³-hybridized carbons (Fsp3) is 0.167. The molecule has 1 aliphatic carbocycles. The molecule has 37 heavy (non-hydrogen) atoms. The quantitative estimate of drug-likeness (QED) is 0.0991. The summed E-state index contributed by atoms with van der Waals surface area (Å²) in [5.74, 6) is -8.71. The minimum atomic E-state index is -1.79. The Kier molecular flexibility index (Phi) is 7.04. The fourth-order valence-corrected chi connectivity index (χ4v) is 5.22. The number of rotatable bonds is 7. The van der Waals surface area contributed by atoms with E-state index in [1.165, 1.54) is 18.2 Å². The van der Waals surface area contributed by atoms with Crippen LogP contribution in [0, 0.1) is 34.5 Å². The molecule has 3 aromatic rings. The van der Waals surface area contributed by atoms with Crippen molar-refractivity contribution < 1.29 is 31.5 Å². The van der Waals surface area contributed by atoms with Gasteiger partial charge in [-0.2, -0.15) is 0 Å². The lowest BCUT2D eigenvalue weighted by molar-refractivity contribution is -0.112. The van der Waals surface area contributed by atoms with Crippen LogP contribution in [0.25, 0.3) is 0 Å². The normalized spacial score (nSPS) is 19.8. The molecule has 4 N–H and O–H groups in total. The number of nitrogen functional groups attached to an aromatic ring is 1. The molecule has 4 rings (SSSR count). The van der Waals surface area contributed by atoms with Crippen LogP contribution >= 0.6 is 34.8 Å². The first-order valence-corrected chi connectivity index (χ1v) is 11.5. The van der Waals surface area contributed by atoms with Gasteiger partial charge in [-0.25, -0.2) is 22.0 Å². The first-order valence-electron chi connectivity index (χ1n) is 10.4. The second-order valence-corrected chi connectivity index (χ2v) is 10.1. The summed E-state index contributed by atoms with van der Waals surface area (Å²) >= 11 is 18.7. The van der Waals surface area contributed by atoms with Crippen LogP contribution in [0.3, 0.4) is 0 Å². The van der Waals surface area contributed by atoms with Crippen molar-refractivity contribution in [1.29, 1.82) is 0 Å². The summed E-state index contributed by atoms with van der Waals surface area (Å²) in [6.45, 7) is -0.249. The second kappa shape index (κ2) is 9.66. The topological polar surface area (TPSA) is 84.2 Å². The average Bonchev–Trinajstić information content (AvgIpc) is 3.36. The van der Waals surface area contributed by atoms with Crippen molar-refractivity contribution in [3.63, 3.8) is 0 Å². The van der Waals surface area contributed by atoms with Gasteiger partial charge in [-0.1, -0.05) is 34.8 Å². The summed E-state index contributed by atoms with van der Waals surface area (Å²) < 4.78 is 66.7.